The van der Waals surface area contributed by atoms with Crippen molar-refractivity contribution < 1.29 is 13.8 Å². The van der Waals surface area contributed by atoms with E-state index in [1.807, 2.05) is 37.3 Å². The third-order valence-electron chi connectivity index (χ3n) is 4.91. The van der Waals surface area contributed by atoms with E-state index in [2.05, 4.69) is 39.2 Å². The van der Waals surface area contributed by atoms with Gasteiger partial charge >= 0.3 is 0 Å². The van der Waals surface area contributed by atoms with Crippen LogP contribution in [0.15, 0.2) is 35.2 Å². The van der Waals surface area contributed by atoms with Crippen molar-refractivity contribution in [3.05, 3.63) is 30.3 Å². The summed E-state index contributed by atoms with van der Waals surface area (Å²) in [5.74, 6) is -0.421. The Hall–Kier alpha value is -0.823. The number of nitrogens with one attached hydrogen (secondary N) is 1. The maximum absolute atomic E-state index is 12.7. The van der Waals surface area contributed by atoms with Gasteiger partial charge in [0.1, 0.15) is 5.92 Å². The predicted molar refractivity (Wildman–Crippen MR) is 96.0 cm³/mol. The number of rotatable bonds is 5. The van der Waals surface area contributed by atoms with Crippen LogP contribution in [-0.4, -0.2) is 30.3 Å². The second kappa shape index (κ2) is 6.59. The Morgan fingerprint density at radius 1 is 1.26 bits per heavy atom. The van der Waals surface area contributed by atoms with Crippen LogP contribution in [0.25, 0.3) is 0 Å². The summed E-state index contributed by atoms with van der Waals surface area (Å²) in [7, 11) is -1.97. The van der Waals surface area contributed by atoms with Gasteiger partial charge in [0, 0.05) is 11.2 Å². The number of carbonyl (C=O) groups excluding carboxylic acids is 1. The van der Waals surface area contributed by atoms with E-state index < -0.39 is 19.5 Å². The van der Waals surface area contributed by atoms with Gasteiger partial charge in [-0.2, -0.15) is 0 Å². The molecule has 0 radical (unpaired) electrons. The molecular weight excluding hydrogens is 326 g/mol. The van der Waals surface area contributed by atoms with Gasteiger partial charge in [0.2, 0.25) is 11.3 Å². The fraction of sp³-hybridized carbons (Fsp3) is 0.588. The van der Waals surface area contributed by atoms with Crippen molar-refractivity contribution in [3.8, 4) is 0 Å². The van der Waals surface area contributed by atoms with Crippen LogP contribution in [0.1, 0.15) is 27.7 Å². The molecule has 1 aromatic rings. The van der Waals surface area contributed by atoms with Gasteiger partial charge < -0.3 is 14.3 Å². The van der Waals surface area contributed by atoms with E-state index in [1.165, 1.54) is 0 Å². The van der Waals surface area contributed by atoms with Crippen molar-refractivity contribution in [3.63, 3.8) is 0 Å². The molecule has 0 spiro atoms. The molecular formula is C17H27NO3SSi. The minimum Gasteiger partial charge on any atom is -0.610 e. The van der Waals surface area contributed by atoms with Crippen molar-refractivity contribution >= 4 is 25.4 Å². The molecule has 2 unspecified atom stereocenters. The summed E-state index contributed by atoms with van der Waals surface area (Å²) in [6.07, 6.45) is -0.234. The first-order valence-corrected chi connectivity index (χ1v) is 12.1. The molecule has 128 valence electrons. The van der Waals surface area contributed by atoms with Gasteiger partial charge in [-0.3, -0.25) is 4.79 Å². The minimum absolute atomic E-state index is 0.0644. The van der Waals surface area contributed by atoms with Crippen LogP contribution in [0.2, 0.25) is 18.1 Å². The molecule has 1 aliphatic heterocycles. The van der Waals surface area contributed by atoms with E-state index in [0.29, 0.717) is 0 Å². The van der Waals surface area contributed by atoms with Crippen LogP contribution in [0.4, 0.5) is 0 Å². The first kappa shape index (κ1) is 18.5. The monoisotopic (exact) mass is 353 g/mol. The van der Waals surface area contributed by atoms with Crippen LogP contribution in [0.5, 0.6) is 0 Å². The number of benzene rings is 1. The van der Waals surface area contributed by atoms with Crippen molar-refractivity contribution in [2.24, 2.45) is 5.92 Å². The molecule has 1 fully saturated rings. The summed E-state index contributed by atoms with van der Waals surface area (Å²) in [4.78, 5) is 12.8. The van der Waals surface area contributed by atoms with E-state index in [1.54, 1.807) is 0 Å². The van der Waals surface area contributed by atoms with Gasteiger partial charge in [-0.05, 0) is 37.2 Å². The molecule has 0 aliphatic carbocycles. The largest absolute Gasteiger partial charge is 0.610 e. The molecule has 1 amide bonds. The van der Waals surface area contributed by atoms with Crippen LogP contribution in [0.3, 0.4) is 0 Å². The number of β-lactam (4-membered cyclic amide) rings is 1. The van der Waals surface area contributed by atoms with Crippen molar-refractivity contribution in [1.29, 1.82) is 0 Å². The molecule has 1 aliphatic rings. The van der Waals surface area contributed by atoms with E-state index in [0.717, 1.165) is 4.90 Å². The molecule has 0 saturated carbocycles. The number of hydrogen-bond donors (Lipinski definition) is 1. The van der Waals surface area contributed by atoms with Crippen molar-refractivity contribution in [2.45, 2.75) is 62.2 Å². The van der Waals surface area contributed by atoms with Gasteiger partial charge in [-0.25, -0.2) is 0 Å². The molecule has 4 nitrogen and oxygen atoms in total. The Labute approximate surface area is 143 Å². The van der Waals surface area contributed by atoms with Gasteiger partial charge in [-0.15, -0.1) is 0 Å². The van der Waals surface area contributed by atoms with E-state index in [-0.39, 0.29) is 28.3 Å². The quantitative estimate of drug-likeness (QED) is 0.502. The third-order valence-corrected chi connectivity index (χ3v) is 11.1. The fourth-order valence-corrected chi connectivity index (χ4v) is 5.41. The lowest BCUT2D eigenvalue weighted by Crippen LogP contribution is -2.66. The summed E-state index contributed by atoms with van der Waals surface area (Å²) >= 11 is -1.26. The van der Waals surface area contributed by atoms with E-state index in [4.69, 9.17) is 4.43 Å². The third kappa shape index (κ3) is 3.82. The fourth-order valence-electron chi connectivity index (χ4n) is 2.43. The molecule has 6 heteroatoms. The second-order valence-electron chi connectivity index (χ2n) is 7.65. The highest BCUT2D eigenvalue weighted by atomic mass is 32.2. The summed E-state index contributed by atoms with van der Waals surface area (Å²) in [5.41, 5.74) is 0. The molecule has 1 N–H and O–H groups in total. The SMILES string of the molecule is CC(O[Si](C)(C)C(C)(C)C)[C@H]1C(=O)N[C@@H]1[S+]([O-])c1ccccc1. The smallest absolute Gasteiger partial charge is 0.236 e. The van der Waals surface area contributed by atoms with Gasteiger partial charge in [0.25, 0.3) is 0 Å². The molecule has 1 aromatic carbocycles. The van der Waals surface area contributed by atoms with E-state index >= 15 is 0 Å². The molecule has 23 heavy (non-hydrogen) atoms. The normalized spacial score (nSPS) is 24.6. The number of amides is 1. The summed E-state index contributed by atoms with van der Waals surface area (Å²) in [6, 6.07) is 9.27. The van der Waals surface area contributed by atoms with Crippen molar-refractivity contribution in [2.75, 3.05) is 0 Å². The molecule has 4 atom stereocenters. The van der Waals surface area contributed by atoms with Crippen LogP contribution in [-0.2, 0) is 20.4 Å². The van der Waals surface area contributed by atoms with Gasteiger partial charge in [0.15, 0.2) is 13.2 Å². The predicted octanol–water partition coefficient (Wildman–Crippen LogP) is 3.28. The van der Waals surface area contributed by atoms with Gasteiger partial charge in [-0.1, -0.05) is 39.0 Å². The van der Waals surface area contributed by atoms with Crippen molar-refractivity contribution in [1.82, 2.24) is 5.32 Å². The van der Waals surface area contributed by atoms with Crippen LogP contribution < -0.4 is 5.32 Å². The summed E-state index contributed by atoms with van der Waals surface area (Å²) in [5, 5.41) is 2.50. The average Bonchev–Trinajstić information content (AvgIpc) is 2.42. The molecule has 2 rings (SSSR count). The average molecular weight is 354 g/mol. The zero-order valence-electron chi connectivity index (χ0n) is 14.8. The Kier molecular flexibility index (Phi) is 5.30. The Balaban J connectivity index is 2.10. The highest BCUT2D eigenvalue weighted by molar-refractivity contribution is 7.92. The minimum atomic E-state index is -1.97. The van der Waals surface area contributed by atoms with E-state index in [9.17, 15) is 9.35 Å². The Morgan fingerprint density at radius 3 is 2.30 bits per heavy atom. The zero-order valence-corrected chi connectivity index (χ0v) is 16.6. The highest BCUT2D eigenvalue weighted by Gasteiger charge is 2.53. The molecule has 1 saturated heterocycles. The second-order valence-corrected chi connectivity index (χ2v) is 14.0. The lowest BCUT2D eigenvalue weighted by atomic mass is 9.96. The number of hydrogen-bond acceptors (Lipinski definition) is 3. The summed E-state index contributed by atoms with van der Waals surface area (Å²) in [6.45, 7) is 12.8. The molecule has 1 heterocycles. The first-order valence-electron chi connectivity index (χ1n) is 7.98. The molecule has 0 bridgehead atoms. The maximum atomic E-state index is 12.7. The van der Waals surface area contributed by atoms with Crippen LogP contribution >= 0.6 is 0 Å². The number of carbonyl (C=O) groups is 1. The van der Waals surface area contributed by atoms with Gasteiger partial charge in [0.05, 0.1) is 6.10 Å². The lowest BCUT2D eigenvalue weighted by Gasteiger charge is -2.44. The van der Waals surface area contributed by atoms with Crippen LogP contribution in [0, 0.1) is 5.92 Å². The Morgan fingerprint density at radius 2 is 1.83 bits per heavy atom. The maximum Gasteiger partial charge on any atom is 0.236 e. The summed E-state index contributed by atoms with van der Waals surface area (Å²) < 4.78 is 19.0. The topological polar surface area (TPSA) is 61.4 Å². The first-order chi connectivity index (χ1) is 10.5. The lowest BCUT2D eigenvalue weighted by molar-refractivity contribution is -0.136. The highest BCUT2D eigenvalue weighted by Crippen LogP contribution is 2.39. The molecule has 0 aromatic heterocycles. The standard InChI is InChI=1S/C17H27NO3SSi/c1-12(21-23(5,6)17(2,3)4)14-15(19)18-16(14)22(20)13-10-8-7-9-11-13/h7-12,14,16H,1-6H3,(H,18,19)/t12?,14-,16+,22?/m0/s1. The zero-order chi connectivity index (χ0) is 17.4. The Bertz CT molecular complexity index is 559.